The van der Waals surface area contributed by atoms with Gasteiger partial charge in [0.2, 0.25) is 0 Å². The quantitative estimate of drug-likeness (QED) is 0.392. The first-order valence-electron chi connectivity index (χ1n) is 8.74. The summed E-state index contributed by atoms with van der Waals surface area (Å²) in [4.78, 5) is 49.0. The molecule has 0 N–H and O–H groups in total. The van der Waals surface area contributed by atoms with Gasteiger partial charge in [-0.25, -0.2) is 9.59 Å². The van der Waals surface area contributed by atoms with E-state index in [1.165, 1.54) is 27.2 Å². The van der Waals surface area contributed by atoms with Crippen LogP contribution < -0.4 is 9.47 Å². The fourth-order valence-electron chi connectivity index (χ4n) is 2.47. The molecule has 0 bridgehead atoms. The molecule has 0 spiro atoms. The van der Waals surface area contributed by atoms with Crippen LogP contribution in [0.3, 0.4) is 0 Å². The van der Waals surface area contributed by atoms with Crippen LogP contribution in [0.1, 0.15) is 19.4 Å². The summed E-state index contributed by atoms with van der Waals surface area (Å²) in [5.41, 5.74) is 0.542. The minimum atomic E-state index is -1.04. The lowest BCUT2D eigenvalue weighted by atomic mass is 10.1. The van der Waals surface area contributed by atoms with E-state index in [1.807, 2.05) is 0 Å². The Hall–Kier alpha value is -2.53. The molecule has 2 amide bonds. The van der Waals surface area contributed by atoms with E-state index < -0.39 is 29.1 Å². The molecule has 162 valence electrons. The fraction of sp³-hybridized carbons (Fsp3) is 0.368. The van der Waals surface area contributed by atoms with E-state index in [4.69, 9.17) is 9.47 Å². The minimum Gasteiger partial charge on any atom is -0.490 e. The molecular formula is C19H20BrNO8S. The Bertz CT molecular complexity index is 901. The van der Waals surface area contributed by atoms with Gasteiger partial charge >= 0.3 is 11.9 Å². The zero-order valence-corrected chi connectivity index (χ0v) is 19.1. The van der Waals surface area contributed by atoms with E-state index in [-0.39, 0.29) is 11.5 Å². The Morgan fingerprint density at radius 3 is 2.43 bits per heavy atom. The average molecular weight is 502 g/mol. The van der Waals surface area contributed by atoms with Crippen molar-refractivity contribution in [2.45, 2.75) is 19.9 Å². The summed E-state index contributed by atoms with van der Waals surface area (Å²) >= 11 is 4.11. The number of carbonyl (C=O) groups is 4. The molecule has 1 heterocycles. The summed E-state index contributed by atoms with van der Waals surface area (Å²) in [5.74, 6) is -1.19. The minimum absolute atomic E-state index is 0.141. The van der Waals surface area contributed by atoms with Crippen LogP contribution in [0, 0.1) is 0 Å². The lowest BCUT2D eigenvalue weighted by molar-refractivity contribution is -0.148. The normalized spacial score (nSPS) is 15.9. The third-order valence-corrected chi connectivity index (χ3v) is 5.55. The van der Waals surface area contributed by atoms with Gasteiger partial charge in [-0.3, -0.25) is 14.5 Å². The number of halogens is 1. The monoisotopic (exact) mass is 501 g/mol. The first-order chi connectivity index (χ1) is 14.2. The molecule has 1 aromatic rings. The first kappa shape index (κ1) is 23.7. The molecule has 1 aliphatic rings. The molecule has 1 saturated heterocycles. The van der Waals surface area contributed by atoms with E-state index in [2.05, 4.69) is 25.4 Å². The number of methoxy groups -OCH3 is 2. The van der Waals surface area contributed by atoms with Crippen molar-refractivity contribution in [3.8, 4) is 11.5 Å². The lowest BCUT2D eigenvalue weighted by Gasteiger charge is -2.18. The fourth-order valence-corrected chi connectivity index (χ4v) is 3.80. The Labute approximate surface area is 185 Å². The highest BCUT2D eigenvalue weighted by atomic mass is 79.9. The number of rotatable bonds is 8. The molecule has 0 unspecified atom stereocenters. The van der Waals surface area contributed by atoms with Crippen molar-refractivity contribution in [1.82, 2.24) is 4.90 Å². The topological polar surface area (TPSA) is 108 Å². The number of benzene rings is 1. The molecule has 0 saturated carbocycles. The standard InChI is InChI=1S/C19H20BrNO8S/c1-5-28-13-6-11(12(20)8-14(13)29-9-16(22)26-3)7-15-17(23)21(19(25)30-15)10(2)18(24)27-4/h6-8,10H,5,9H2,1-4H3/b15-7+/t10-/m1/s1. The van der Waals surface area contributed by atoms with Crippen molar-refractivity contribution in [3.05, 3.63) is 27.1 Å². The summed E-state index contributed by atoms with van der Waals surface area (Å²) in [5, 5.41) is -0.566. The van der Waals surface area contributed by atoms with E-state index in [0.29, 0.717) is 28.1 Å². The van der Waals surface area contributed by atoms with Gasteiger partial charge in [-0.2, -0.15) is 0 Å². The predicted molar refractivity (Wildman–Crippen MR) is 112 cm³/mol. The van der Waals surface area contributed by atoms with Gasteiger partial charge in [0.25, 0.3) is 11.1 Å². The molecule has 0 aliphatic carbocycles. The van der Waals surface area contributed by atoms with Crippen molar-refractivity contribution in [3.63, 3.8) is 0 Å². The Morgan fingerprint density at radius 1 is 1.17 bits per heavy atom. The van der Waals surface area contributed by atoms with Crippen molar-refractivity contribution in [2.24, 2.45) is 0 Å². The van der Waals surface area contributed by atoms with Gasteiger partial charge in [0.05, 0.1) is 25.7 Å². The van der Waals surface area contributed by atoms with Gasteiger partial charge in [0.15, 0.2) is 18.1 Å². The molecule has 30 heavy (non-hydrogen) atoms. The van der Waals surface area contributed by atoms with Crippen LogP contribution in [0.25, 0.3) is 6.08 Å². The number of amides is 2. The van der Waals surface area contributed by atoms with Crippen LogP contribution in [0.4, 0.5) is 4.79 Å². The molecule has 1 atom stereocenters. The number of nitrogens with zero attached hydrogens (tertiary/aromatic N) is 1. The van der Waals surface area contributed by atoms with Gasteiger partial charge in [-0.05, 0) is 49.4 Å². The van der Waals surface area contributed by atoms with E-state index in [1.54, 1.807) is 19.1 Å². The number of imide groups is 1. The van der Waals surface area contributed by atoms with E-state index in [9.17, 15) is 19.2 Å². The number of carbonyl (C=O) groups excluding carboxylic acids is 4. The van der Waals surface area contributed by atoms with Crippen molar-refractivity contribution < 1.29 is 38.1 Å². The molecule has 1 aromatic carbocycles. The van der Waals surface area contributed by atoms with Gasteiger partial charge < -0.3 is 18.9 Å². The highest BCUT2D eigenvalue weighted by molar-refractivity contribution is 9.10. The number of hydrogen-bond acceptors (Lipinski definition) is 9. The number of hydrogen-bond donors (Lipinski definition) is 0. The van der Waals surface area contributed by atoms with Crippen LogP contribution in [0.15, 0.2) is 21.5 Å². The van der Waals surface area contributed by atoms with Gasteiger partial charge in [-0.1, -0.05) is 15.9 Å². The van der Waals surface area contributed by atoms with Crippen LogP contribution in [-0.2, 0) is 23.9 Å². The van der Waals surface area contributed by atoms with Crippen LogP contribution in [-0.4, -0.2) is 61.5 Å². The maximum atomic E-state index is 12.7. The molecule has 11 heteroatoms. The maximum absolute atomic E-state index is 12.7. The van der Waals surface area contributed by atoms with Gasteiger partial charge in [-0.15, -0.1) is 0 Å². The second-order valence-electron chi connectivity index (χ2n) is 5.87. The number of esters is 2. The van der Waals surface area contributed by atoms with Gasteiger partial charge in [0, 0.05) is 4.47 Å². The highest BCUT2D eigenvalue weighted by Gasteiger charge is 2.41. The first-order valence-corrected chi connectivity index (χ1v) is 10.3. The Balaban J connectivity index is 2.35. The molecule has 9 nitrogen and oxygen atoms in total. The second-order valence-corrected chi connectivity index (χ2v) is 7.72. The average Bonchev–Trinajstić information content (AvgIpc) is 3.00. The third kappa shape index (κ3) is 5.33. The summed E-state index contributed by atoms with van der Waals surface area (Å²) < 4.78 is 20.7. The molecule has 0 radical (unpaired) electrons. The van der Waals surface area contributed by atoms with E-state index in [0.717, 1.165) is 16.7 Å². The van der Waals surface area contributed by atoms with Crippen LogP contribution >= 0.6 is 27.7 Å². The summed E-state index contributed by atoms with van der Waals surface area (Å²) in [7, 11) is 2.44. The molecule has 2 rings (SSSR count). The molecule has 0 aromatic heterocycles. The predicted octanol–water partition coefficient (Wildman–Crippen LogP) is 3.00. The van der Waals surface area contributed by atoms with Crippen molar-refractivity contribution >= 4 is 56.9 Å². The number of ether oxygens (including phenoxy) is 4. The third-order valence-electron chi connectivity index (χ3n) is 3.98. The largest absolute Gasteiger partial charge is 0.490 e. The van der Waals surface area contributed by atoms with Crippen molar-refractivity contribution in [1.29, 1.82) is 0 Å². The van der Waals surface area contributed by atoms with Crippen LogP contribution in [0.2, 0.25) is 0 Å². The highest BCUT2D eigenvalue weighted by Crippen LogP contribution is 2.38. The molecular weight excluding hydrogens is 482 g/mol. The summed E-state index contributed by atoms with van der Waals surface area (Å²) in [6, 6.07) is 2.16. The van der Waals surface area contributed by atoms with Gasteiger partial charge in [0.1, 0.15) is 6.04 Å². The zero-order chi connectivity index (χ0) is 22.4. The zero-order valence-electron chi connectivity index (χ0n) is 16.7. The maximum Gasteiger partial charge on any atom is 0.343 e. The lowest BCUT2D eigenvalue weighted by Crippen LogP contribution is -2.42. The number of thioether (sulfide) groups is 1. The second kappa shape index (κ2) is 10.5. The summed E-state index contributed by atoms with van der Waals surface area (Å²) in [6.45, 7) is 3.24. The Kier molecular flexibility index (Phi) is 8.30. The van der Waals surface area contributed by atoms with E-state index >= 15 is 0 Å². The Morgan fingerprint density at radius 2 is 1.83 bits per heavy atom. The van der Waals surface area contributed by atoms with Crippen molar-refractivity contribution in [2.75, 3.05) is 27.4 Å². The SMILES string of the molecule is CCOc1cc(/C=C2/SC(=O)N([C@H](C)C(=O)OC)C2=O)c(Br)cc1OCC(=O)OC. The molecule has 1 aliphatic heterocycles. The molecule has 1 fully saturated rings. The summed E-state index contributed by atoms with van der Waals surface area (Å²) in [6.07, 6.45) is 1.51. The van der Waals surface area contributed by atoms with Crippen LogP contribution in [0.5, 0.6) is 11.5 Å². The smallest absolute Gasteiger partial charge is 0.343 e.